The molecular weight excluding hydrogens is 397 g/mol. The van der Waals surface area contributed by atoms with Gasteiger partial charge >= 0.3 is 0 Å². The minimum Gasteiger partial charge on any atom is -0.356 e. The van der Waals surface area contributed by atoms with E-state index < -0.39 is 10.0 Å². The highest BCUT2D eigenvalue weighted by Crippen LogP contribution is 2.32. The van der Waals surface area contributed by atoms with Crippen molar-refractivity contribution in [1.29, 1.82) is 0 Å². The smallest absolute Gasteiger partial charge is 0.243 e. The Morgan fingerprint density at radius 1 is 1.14 bits per heavy atom. The summed E-state index contributed by atoms with van der Waals surface area (Å²) in [7, 11) is -3.72. The molecule has 1 aliphatic heterocycles. The molecule has 2 aromatic carbocycles. The fourth-order valence-electron chi connectivity index (χ4n) is 3.30. The molecule has 1 amide bonds. The predicted octanol–water partition coefficient (Wildman–Crippen LogP) is 3.19. The number of sulfonamides is 1. The lowest BCUT2D eigenvalue weighted by Gasteiger charge is -2.25. The Morgan fingerprint density at radius 2 is 1.83 bits per heavy atom. The van der Waals surface area contributed by atoms with Crippen molar-refractivity contribution in [2.45, 2.75) is 24.8 Å². The van der Waals surface area contributed by atoms with Crippen LogP contribution in [0.4, 0.5) is 10.1 Å². The minimum absolute atomic E-state index is 0.0931. The van der Waals surface area contributed by atoms with Crippen molar-refractivity contribution in [3.63, 3.8) is 0 Å². The molecule has 7 nitrogen and oxygen atoms in total. The SMILES string of the molecule is CC(=O)Nc1ccc(S(=O)(=O)N2CCc3c(noc3-c3ccc(F)cc3)C2)cc1. The number of carbonyl (C=O) groups excluding carboxylic acids is 1. The number of halogens is 1. The lowest BCUT2D eigenvalue weighted by atomic mass is 10.0. The molecular formula is C20H18FN3O4S. The molecule has 0 bridgehead atoms. The molecule has 0 fully saturated rings. The van der Waals surface area contributed by atoms with Gasteiger partial charge in [-0.05, 0) is 55.0 Å². The van der Waals surface area contributed by atoms with Gasteiger partial charge in [0.1, 0.15) is 11.5 Å². The predicted molar refractivity (Wildman–Crippen MR) is 104 cm³/mol. The molecule has 1 aliphatic rings. The molecule has 29 heavy (non-hydrogen) atoms. The van der Waals surface area contributed by atoms with Crippen molar-refractivity contribution >= 4 is 21.6 Å². The van der Waals surface area contributed by atoms with Crippen molar-refractivity contribution in [3.05, 3.63) is 65.6 Å². The standard InChI is InChI=1S/C20H18FN3O4S/c1-13(25)22-16-6-8-17(9-7-16)29(26,27)24-11-10-18-19(12-24)23-28-20(18)14-2-4-15(21)5-3-14/h2-9H,10-12H2,1H3,(H,22,25). The van der Waals surface area contributed by atoms with E-state index in [2.05, 4.69) is 10.5 Å². The van der Waals surface area contributed by atoms with Crippen molar-refractivity contribution < 1.29 is 22.1 Å². The molecule has 150 valence electrons. The van der Waals surface area contributed by atoms with Crippen LogP contribution in [0.15, 0.2) is 57.9 Å². The van der Waals surface area contributed by atoms with Crippen LogP contribution in [0.5, 0.6) is 0 Å². The van der Waals surface area contributed by atoms with Crippen LogP contribution in [-0.4, -0.2) is 30.3 Å². The number of aromatic nitrogens is 1. The van der Waals surface area contributed by atoms with Gasteiger partial charge in [-0.3, -0.25) is 4.79 Å². The maximum Gasteiger partial charge on any atom is 0.243 e. The van der Waals surface area contributed by atoms with Crippen LogP contribution < -0.4 is 5.32 Å². The van der Waals surface area contributed by atoms with E-state index in [1.165, 1.54) is 35.5 Å². The average Bonchev–Trinajstić information content (AvgIpc) is 3.12. The molecule has 0 aliphatic carbocycles. The molecule has 4 rings (SSSR count). The molecule has 0 spiro atoms. The summed E-state index contributed by atoms with van der Waals surface area (Å²) in [4.78, 5) is 11.2. The summed E-state index contributed by atoms with van der Waals surface area (Å²) in [5.74, 6) is -0.0345. The zero-order valence-electron chi connectivity index (χ0n) is 15.6. The summed E-state index contributed by atoms with van der Waals surface area (Å²) in [5, 5.41) is 6.64. The number of amides is 1. The lowest BCUT2D eigenvalue weighted by Crippen LogP contribution is -2.36. The number of fused-ring (bicyclic) bond motifs is 1. The molecule has 0 saturated carbocycles. The summed E-state index contributed by atoms with van der Waals surface area (Å²) < 4.78 is 45.9. The van der Waals surface area contributed by atoms with E-state index in [0.717, 1.165) is 5.56 Å². The molecule has 0 unspecified atom stereocenters. The third-order valence-electron chi connectivity index (χ3n) is 4.73. The Hall–Kier alpha value is -3.04. The van der Waals surface area contributed by atoms with Gasteiger partial charge in [0.05, 0.1) is 11.4 Å². The Kier molecular flexibility index (Phi) is 4.93. The molecule has 1 aromatic heterocycles. The van der Waals surface area contributed by atoms with Crippen LogP contribution in [0, 0.1) is 5.82 Å². The molecule has 3 aromatic rings. The highest BCUT2D eigenvalue weighted by molar-refractivity contribution is 7.89. The minimum atomic E-state index is -3.72. The van der Waals surface area contributed by atoms with Gasteiger partial charge in [0.2, 0.25) is 15.9 Å². The number of anilines is 1. The van der Waals surface area contributed by atoms with Gasteiger partial charge in [0, 0.05) is 30.3 Å². The third-order valence-corrected chi connectivity index (χ3v) is 6.59. The van der Waals surface area contributed by atoms with Gasteiger partial charge in [0.15, 0.2) is 5.76 Å². The van der Waals surface area contributed by atoms with Crippen LogP contribution in [0.3, 0.4) is 0 Å². The number of nitrogens with zero attached hydrogens (tertiary/aromatic N) is 2. The fourth-order valence-corrected chi connectivity index (χ4v) is 4.70. The van der Waals surface area contributed by atoms with Crippen molar-refractivity contribution in [2.75, 3.05) is 11.9 Å². The van der Waals surface area contributed by atoms with E-state index in [1.54, 1.807) is 24.3 Å². The van der Waals surface area contributed by atoms with Gasteiger partial charge in [-0.25, -0.2) is 12.8 Å². The number of carbonyl (C=O) groups is 1. The van der Waals surface area contributed by atoms with Crippen molar-refractivity contribution in [1.82, 2.24) is 9.46 Å². The molecule has 1 N–H and O–H groups in total. The second kappa shape index (κ2) is 7.41. The zero-order valence-corrected chi connectivity index (χ0v) is 16.4. The molecule has 0 radical (unpaired) electrons. The molecule has 0 saturated heterocycles. The quantitative estimate of drug-likeness (QED) is 0.707. The fraction of sp³-hybridized carbons (Fsp3) is 0.200. The van der Waals surface area contributed by atoms with Crippen LogP contribution in [0.1, 0.15) is 18.2 Å². The maximum atomic E-state index is 13.2. The number of rotatable bonds is 4. The summed E-state index contributed by atoms with van der Waals surface area (Å²) in [6, 6.07) is 11.9. The number of hydrogen-bond donors (Lipinski definition) is 1. The molecule has 9 heteroatoms. The number of nitrogens with one attached hydrogen (secondary N) is 1. The topological polar surface area (TPSA) is 92.5 Å². The first kappa shape index (κ1) is 19.3. The second-order valence-corrected chi connectivity index (χ2v) is 8.68. The van der Waals surface area contributed by atoms with Gasteiger partial charge in [0.25, 0.3) is 0 Å². The number of hydrogen-bond acceptors (Lipinski definition) is 5. The van der Waals surface area contributed by atoms with Crippen molar-refractivity contribution in [2.24, 2.45) is 0 Å². The summed E-state index contributed by atoms with van der Waals surface area (Å²) in [6.07, 6.45) is 0.439. The first-order valence-electron chi connectivity index (χ1n) is 8.96. The van der Waals surface area contributed by atoms with E-state index in [1.807, 2.05) is 0 Å². The normalized spacial score (nSPS) is 14.4. The van der Waals surface area contributed by atoms with Crippen LogP contribution in [0.2, 0.25) is 0 Å². The van der Waals surface area contributed by atoms with Gasteiger partial charge in [-0.15, -0.1) is 0 Å². The highest BCUT2D eigenvalue weighted by Gasteiger charge is 2.32. The van der Waals surface area contributed by atoms with E-state index in [0.29, 0.717) is 29.1 Å². The first-order valence-corrected chi connectivity index (χ1v) is 10.4. The third kappa shape index (κ3) is 3.79. The Labute approximate surface area is 167 Å². The van der Waals surface area contributed by atoms with Crippen LogP contribution in [-0.2, 0) is 27.8 Å². The maximum absolute atomic E-state index is 13.2. The summed E-state index contributed by atoms with van der Waals surface area (Å²) >= 11 is 0. The van der Waals surface area contributed by atoms with E-state index in [-0.39, 0.29) is 29.7 Å². The van der Waals surface area contributed by atoms with Gasteiger partial charge < -0.3 is 9.84 Å². The van der Waals surface area contributed by atoms with Crippen molar-refractivity contribution in [3.8, 4) is 11.3 Å². The average molecular weight is 415 g/mol. The van der Waals surface area contributed by atoms with Gasteiger partial charge in [-0.1, -0.05) is 5.16 Å². The Balaban J connectivity index is 1.56. The molecule has 0 atom stereocenters. The van der Waals surface area contributed by atoms with E-state index in [4.69, 9.17) is 4.52 Å². The summed E-state index contributed by atoms with van der Waals surface area (Å²) in [5.41, 5.74) is 2.61. The Morgan fingerprint density at radius 3 is 2.48 bits per heavy atom. The summed E-state index contributed by atoms with van der Waals surface area (Å²) in [6.45, 7) is 1.75. The van der Waals surface area contributed by atoms with Crippen LogP contribution >= 0.6 is 0 Å². The van der Waals surface area contributed by atoms with E-state index in [9.17, 15) is 17.6 Å². The second-order valence-electron chi connectivity index (χ2n) is 6.74. The van der Waals surface area contributed by atoms with Crippen LogP contribution in [0.25, 0.3) is 11.3 Å². The monoisotopic (exact) mass is 415 g/mol. The Bertz CT molecular complexity index is 1160. The lowest BCUT2D eigenvalue weighted by molar-refractivity contribution is -0.114. The zero-order chi connectivity index (χ0) is 20.6. The van der Waals surface area contributed by atoms with E-state index >= 15 is 0 Å². The molecule has 2 heterocycles. The first-order chi connectivity index (χ1) is 13.8. The highest BCUT2D eigenvalue weighted by atomic mass is 32.2. The largest absolute Gasteiger partial charge is 0.356 e. The number of benzene rings is 2. The van der Waals surface area contributed by atoms with Gasteiger partial charge in [-0.2, -0.15) is 4.31 Å².